The molecule has 0 aromatic heterocycles. The molecular formula is C56H39N. The molecule has 268 valence electrons. The van der Waals surface area contributed by atoms with E-state index < -0.39 is 154 Å². The molecule has 0 bridgehead atoms. The highest BCUT2D eigenvalue weighted by Crippen LogP contribution is 2.41. The van der Waals surface area contributed by atoms with E-state index in [4.69, 9.17) is 8.22 Å². The summed E-state index contributed by atoms with van der Waals surface area (Å²) in [5.41, 5.74) is -0.671. The monoisotopic (exact) mass is 744 g/mol. The normalized spacial score (nSPS) is 15.8. The van der Waals surface area contributed by atoms with Crippen LogP contribution in [0, 0.1) is 0 Å². The molecule has 10 aromatic carbocycles. The molecule has 0 radical (unpaired) electrons. The molecule has 1 heteroatoms. The van der Waals surface area contributed by atoms with Crippen LogP contribution < -0.4 is 4.90 Å². The number of hydrogen-bond donors (Lipinski definition) is 0. The lowest BCUT2D eigenvalue weighted by atomic mass is 9.90. The van der Waals surface area contributed by atoms with Crippen LogP contribution >= 0.6 is 0 Å². The fraction of sp³-hybridized carbons (Fsp3) is 0. The standard InChI is InChI=1S/C56H39N/c1-3-11-40(12-4-1)42-19-21-43(22-20-42)44-25-32-51(33-26-44)57(52-34-27-45(28-35-52)50-24-23-41-13-7-8-17-49(41)39-50)53-36-29-47(30-37-53)55-38-31-46-14-9-10-18-54(46)56(55)48-15-5-2-6-16-48/h1-39H/i7D,8D,13D,17D,23D,24D,25D,26D,27D,28D,29D,30D,32D,33D,34D,35D,36D,37D,39D. The Kier molecular flexibility index (Phi) is 5.10. The summed E-state index contributed by atoms with van der Waals surface area (Å²) in [7, 11) is 0. The largest absolute Gasteiger partial charge is 0.311 e. The average Bonchev–Trinajstić information content (AvgIpc) is 3.42. The van der Waals surface area contributed by atoms with E-state index in [9.17, 15) is 17.8 Å². The predicted molar refractivity (Wildman–Crippen MR) is 243 cm³/mol. The number of hydrogen-bond acceptors (Lipinski definition) is 1. The molecule has 57 heavy (non-hydrogen) atoms. The number of fused-ring (bicyclic) bond motifs is 2. The third kappa shape index (κ3) is 6.77. The van der Waals surface area contributed by atoms with E-state index in [0.29, 0.717) is 21.6 Å². The van der Waals surface area contributed by atoms with E-state index in [-0.39, 0.29) is 16.7 Å². The van der Waals surface area contributed by atoms with Gasteiger partial charge in [0.25, 0.3) is 0 Å². The van der Waals surface area contributed by atoms with Gasteiger partial charge in [-0.05, 0) is 119 Å². The van der Waals surface area contributed by atoms with Crippen LogP contribution in [0.3, 0.4) is 0 Å². The van der Waals surface area contributed by atoms with E-state index in [2.05, 4.69) is 0 Å². The van der Waals surface area contributed by atoms with Gasteiger partial charge in [-0.2, -0.15) is 0 Å². The lowest BCUT2D eigenvalue weighted by molar-refractivity contribution is 1.28. The van der Waals surface area contributed by atoms with Crippen molar-refractivity contribution in [2.45, 2.75) is 0 Å². The average molecular weight is 745 g/mol. The summed E-state index contributed by atoms with van der Waals surface area (Å²) in [6, 6.07) is 20.7. The summed E-state index contributed by atoms with van der Waals surface area (Å²) in [4.78, 5) is 0.659. The first-order valence-corrected chi connectivity index (χ1v) is 18.1. The molecule has 0 N–H and O–H groups in total. The van der Waals surface area contributed by atoms with Crippen LogP contribution in [0.1, 0.15) is 26.0 Å². The maximum atomic E-state index is 9.76. The Labute approximate surface area is 361 Å². The zero-order chi connectivity index (χ0) is 54.5. The molecular weight excluding hydrogens is 687 g/mol. The molecule has 0 saturated carbocycles. The van der Waals surface area contributed by atoms with Crippen molar-refractivity contribution in [3.8, 4) is 55.6 Å². The molecule has 0 aliphatic carbocycles. The minimum atomic E-state index is -1.03. The number of anilines is 3. The Bertz CT molecular complexity index is 4000. The summed E-state index contributed by atoms with van der Waals surface area (Å²) in [5.74, 6) is 0. The van der Waals surface area contributed by atoms with Crippen molar-refractivity contribution in [2.75, 3.05) is 4.90 Å². The fourth-order valence-electron chi connectivity index (χ4n) is 6.75. The lowest BCUT2D eigenvalue weighted by Gasteiger charge is -2.26. The van der Waals surface area contributed by atoms with Crippen LogP contribution in [0.4, 0.5) is 17.1 Å². The van der Waals surface area contributed by atoms with E-state index in [1.807, 2.05) is 84.9 Å². The van der Waals surface area contributed by atoms with Gasteiger partial charge in [-0.15, -0.1) is 0 Å². The third-order valence-corrected chi connectivity index (χ3v) is 9.55. The van der Waals surface area contributed by atoms with Crippen molar-refractivity contribution in [1.82, 2.24) is 0 Å². The molecule has 0 spiro atoms. The highest BCUT2D eigenvalue weighted by molar-refractivity contribution is 6.04. The van der Waals surface area contributed by atoms with Gasteiger partial charge < -0.3 is 4.90 Å². The second-order valence-corrected chi connectivity index (χ2v) is 13.0. The van der Waals surface area contributed by atoms with Gasteiger partial charge in [0.1, 0.15) is 0 Å². The minimum absolute atomic E-state index is 0.167. The highest BCUT2D eigenvalue weighted by atomic mass is 15.1. The predicted octanol–water partition coefficient (Wildman–Crippen LogP) is 15.8. The van der Waals surface area contributed by atoms with Crippen LogP contribution in [-0.4, -0.2) is 0 Å². The Morgan fingerprint density at radius 2 is 0.772 bits per heavy atom. The highest BCUT2D eigenvalue weighted by Gasteiger charge is 2.16. The topological polar surface area (TPSA) is 3.24 Å². The van der Waals surface area contributed by atoms with E-state index >= 15 is 0 Å². The van der Waals surface area contributed by atoms with Gasteiger partial charge in [0.05, 0.1) is 26.0 Å². The number of benzene rings is 10. The van der Waals surface area contributed by atoms with Crippen LogP contribution in [0.15, 0.2) is 236 Å². The summed E-state index contributed by atoms with van der Waals surface area (Å²) < 4.78 is 176. The fourth-order valence-corrected chi connectivity index (χ4v) is 6.75. The molecule has 0 fully saturated rings. The van der Waals surface area contributed by atoms with Crippen LogP contribution in [0.5, 0.6) is 0 Å². The molecule has 10 aromatic rings. The quantitative estimate of drug-likeness (QED) is 0.150. The Morgan fingerprint density at radius 1 is 0.298 bits per heavy atom. The first kappa shape index (κ1) is 19.4. The van der Waals surface area contributed by atoms with Crippen LogP contribution in [-0.2, 0) is 0 Å². The summed E-state index contributed by atoms with van der Waals surface area (Å²) >= 11 is 0. The summed E-state index contributed by atoms with van der Waals surface area (Å²) in [6.45, 7) is 0. The zero-order valence-corrected chi connectivity index (χ0v) is 30.0. The Hall–Kier alpha value is -7.48. The SMILES string of the molecule is [2H]c1c([2H])c(N(c2c([2H])c([2H])c(-c3ccc4ccccc4c3-c3ccccc3)c([2H])c2[2H])c2c([2H])c([2H])c(-c3c([2H])c([2H])c4c([2H])c([2H])c([2H])c([2H])c4c3[2H])c([2H])c2[2H])c([2H])c([2H])c1-c1ccc(-c2ccccc2)cc1. The van der Waals surface area contributed by atoms with Crippen LogP contribution in [0.2, 0.25) is 0 Å². The first-order valence-electron chi connectivity index (χ1n) is 27.6. The smallest absolute Gasteiger partial charge is 0.0645 e. The number of nitrogens with zero attached hydrogens (tertiary/aromatic N) is 1. The third-order valence-electron chi connectivity index (χ3n) is 9.55. The van der Waals surface area contributed by atoms with Crippen molar-refractivity contribution in [2.24, 2.45) is 0 Å². The molecule has 0 heterocycles. The Balaban J connectivity index is 1.28. The minimum Gasteiger partial charge on any atom is -0.311 e. The van der Waals surface area contributed by atoms with Gasteiger partial charge in [-0.25, -0.2) is 0 Å². The van der Waals surface area contributed by atoms with Gasteiger partial charge >= 0.3 is 0 Å². The molecule has 1 nitrogen and oxygen atoms in total. The maximum absolute atomic E-state index is 9.76. The molecule has 0 aliphatic rings. The maximum Gasteiger partial charge on any atom is 0.0645 e. The molecule has 0 unspecified atom stereocenters. The molecule has 10 rings (SSSR count). The van der Waals surface area contributed by atoms with Crippen molar-refractivity contribution >= 4 is 38.6 Å². The molecule has 0 amide bonds. The van der Waals surface area contributed by atoms with Gasteiger partial charge in [0.2, 0.25) is 0 Å². The van der Waals surface area contributed by atoms with E-state index in [1.165, 1.54) is 0 Å². The van der Waals surface area contributed by atoms with Crippen LogP contribution in [0.25, 0.3) is 77.2 Å². The molecule has 0 aliphatic heterocycles. The zero-order valence-electron chi connectivity index (χ0n) is 49.0. The second kappa shape index (κ2) is 15.0. The first-order chi connectivity index (χ1) is 36.2. The lowest BCUT2D eigenvalue weighted by Crippen LogP contribution is -2.09. The molecule has 0 atom stereocenters. The second-order valence-electron chi connectivity index (χ2n) is 13.0. The number of rotatable bonds is 8. The van der Waals surface area contributed by atoms with E-state index in [1.54, 1.807) is 36.4 Å². The van der Waals surface area contributed by atoms with Gasteiger partial charge in [-0.3, -0.25) is 0 Å². The van der Waals surface area contributed by atoms with Crippen molar-refractivity contribution < 1.29 is 26.0 Å². The van der Waals surface area contributed by atoms with Crippen molar-refractivity contribution in [3.05, 3.63) is 236 Å². The Morgan fingerprint density at radius 3 is 1.40 bits per heavy atom. The summed E-state index contributed by atoms with van der Waals surface area (Å²) in [5, 5.41) is 0.546. The van der Waals surface area contributed by atoms with E-state index in [0.717, 1.165) is 21.9 Å². The van der Waals surface area contributed by atoms with Gasteiger partial charge in [0, 0.05) is 17.1 Å². The molecule has 0 saturated heterocycles. The summed E-state index contributed by atoms with van der Waals surface area (Å²) in [6.07, 6.45) is 0. The van der Waals surface area contributed by atoms with Crippen molar-refractivity contribution in [1.29, 1.82) is 0 Å². The van der Waals surface area contributed by atoms with Gasteiger partial charge in [-0.1, -0.05) is 194 Å². The van der Waals surface area contributed by atoms with Gasteiger partial charge in [0.15, 0.2) is 0 Å². The van der Waals surface area contributed by atoms with Crippen molar-refractivity contribution in [3.63, 3.8) is 0 Å².